The number of aromatic nitrogens is 2. The molecular formula is C32H46F3N5O. The zero-order valence-corrected chi connectivity index (χ0v) is 25.1. The lowest BCUT2D eigenvalue weighted by atomic mass is 9.85. The van der Waals surface area contributed by atoms with Crippen LogP contribution in [0.25, 0.3) is 0 Å². The van der Waals surface area contributed by atoms with E-state index in [0.29, 0.717) is 18.5 Å². The molecule has 1 unspecified atom stereocenters. The van der Waals surface area contributed by atoms with Gasteiger partial charge in [-0.15, -0.1) is 0 Å². The van der Waals surface area contributed by atoms with E-state index in [0.717, 1.165) is 63.7 Å². The van der Waals surface area contributed by atoms with Crippen LogP contribution in [-0.4, -0.2) is 34.7 Å². The maximum absolute atomic E-state index is 13.6. The van der Waals surface area contributed by atoms with Crippen molar-refractivity contribution in [2.75, 3.05) is 19.6 Å². The van der Waals surface area contributed by atoms with E-state index < -0.39 is 28.8 Å². The van der Waals surface area contributed by atoms with E-state index in [1.165, 1.54) is 5.57 Å². The largest absolute Gasteiger partial charge is 0.422 e. The molecule has 0 bridgehead atoms. The number of hydrogen-bond acceptors (Lipinski definition) is 5. The molecule has 41 heavy (non-hydrogen) atoms. The van der Waals surface area contributed by atoms with Crippen LogP contribution in [0.5, 0.6) is 0 Å². The molecule has 0 amide bonds. The first kappa shape index (κ1) is 34.1. The average molecular weight is 574 g/mol. The lowest BCUT2D eigenvalue weighted by Gasteiger charge is -2.30. The molecule has 0 saturated heterocycles. The van der Waals surface area contributed by atoms with Crippen molar-refractivity contribution < 1.29 is 13.2 Å². The summed E-state index contributed by atoms with van der Waals surface area (Å²) in [5.41, 5.74) is 0.352. The van der Waals surface area contributed by atoms with Gasteiger partial charge < -0.3 is 10.2 Å². The van der Waals surface area contributed by atoms with Gasteiger partial charge in [0.2, 0.25) is 0 Å². The SMILES string of the molecule is C=C/C(C#N)=C\C=C(/CCC)CCCCCN(CCC)C(=C)CCNC1c2n[nH]c(=O)c(C(F)(F)F)c2CC1(C)C. The second-order valence-corrected chi connectivity index (χ2v) is 11.5. The zero-order valence-electron chi connectivity index (χ0n) is 25.1. The van der Waals surface area contributed by atoms with Crippen molar-refractivity contribution in [3.05, 3.63) is 75.4 Å². The number of hydrogen-bond donors (Lipinski definition) is 2. The summed E-state index contributed by atoms with van der Waals surface area (Å²) in [6.45, 7) is 18.4. The van der Waals surface area contributed by atoms with E-state index >= 15 is 0 Å². The number of rotatable bonds is 17. The highest BCUT2D eigenvalue weighted by atomic mass is 19.4. The van der Waals surface area contributed by atoms with E-state index in [1.807, 2.05) is 19.9 Å². The molecule has 1 heterocycles. The topological polar surface area (TPSA) is 84.8 Å². The maximum atomic E-state index is 13.6. The number of fused-ring (bicyclic) bond motifs is 1. The molecule has 9 heteroatoms. The molecule has 226 valence electrons. The fraction of sp³-hybridized carbons (Fsp3) is 0.594. The number of nitrogens with zero attached hydrogens (tertiary/aromatic N) is 3. The lowest BCUT2D eigenvalue weighted by Crippen LogP contribution is -2.34. The summed E-state index contributed by atoms with van der Waals surface area (Å²) < 4.78 is 40.8. The van der Waals surface area contributed by atoms with Gasteiger partial charge in [0.1, 0.15) is 5.56 Å². The van der Waals surface area contributed by atoms with Gasteiger partial charge >= 0.3 is 6.18 Å². The second-order valence-electron chi connectivity index (χ2n) is 11.5. The van der Waals surface area contributed by atoms with Crippen LogP contribution in [0, 0.1) is 16.7 Å². The highest BCUT2D eigenvalue weighted by molar-refractivity contribution is 5.39. The van der Waals surface area contributed by atoms with Crippen LogP contribution in [0.15, 0.2) is 53.0 Å². The first-order valence-electron chi connectivity index (χ1n) is 14.7. The van der Waals surface area contributed by atoms with Gasteiger partial charge in [-0.2, -0.15) is 23.5 Å². The molecular weight excluding hydrogens is 527 g/mol. The highest BCUT2D eigenvalue weighted by Crippen LogP contribution is 2.47. The van der Waals surface area contributed by atoms with E-state index in [9.17, 15) is 18.0 Å². The van der Waals surface area contributed by atoms with Gasteiger partial charge in [-0.1, -0.05) is 71.4 Å². The van der Waals surface area contributed by atoms with Gasteiger partial charge in [0.15, 0.2) is 0 Å². The molecule has 0 aliphatic heterocycles. The minimum absolute atomic E-state index is 0.00523. The number of unbranched alkanes of at least 4 members (excludes halogenated alkanes) is 2. The Labute approximate surface area is 243 Å². The standard InChI is InChI=1S/C32H46F3N5O/c1-7-13-25(16-15-24(9-3)22-36)14-11-10-12-20-40(19-8-2)23(4)17-18-37-29-28-26(21-31(29,5)6)27(32(33,34)35)30(41)39-38-28/h9,15-16,29,37H,3-4,7-8,10-14,17-21H2,1-2,5-6H3,(H,39,41)/b24-15+,25-16+. The number of nitrogens with one attached hydrogen (secondary N) is 2. The third-order valence-corrected chi connectivity index (χ3v) is 7.63. The molecule has 2 N–H and O–H groups in total. The number of alkyl halides is 3. The molecule has 0 saturated carbocycles. The van der Waals surface area contributed by atoms with E-state index in [1.54, 1.807) is 6.08 Å². The first-order chi connectivity index (χ1) is 19.4. The van der Waals surface area contributed by atoms with Crippen LogP contribution in [0.4, 0.5) is 13.2 Å². The van der Waals surface area contributed by atoms with E-state index in [-0.39, 0.29) is 17.7 Å². The van der Waals surface area contributed by atoms with Gasteiger partial charge in [0.25, 0.3) is 5.56 Å². The van der Waals surface area contributed by atoms with Crippen LogP contribution < -0.4 is 10.9 Å². The molecule has 1 aliphatic rings. The minimum Gasteiger partial charge on any atom is -0.375 e. The molecule has 1 atom stereocenters. The van der Waals surface area contributed by atoms with Gasteiger partial charge in [-0.3, -0.25) is 4.79 Å². The van der Waals surface area contributed by atoms with E-state index in [2.05, 4.69) is 59.6 Å². The van der Waals surface area contributed by atoms with Crippen LogP contribution in [0.1, 0.15) is 102 Å². The minimum atomic E-state index is -4.72. The summed E-state index contributed by atoms with van der Waals surface area (Å²) in [7, 11) is 0. The summed E-state index contributed by atoms with van der Waals surface area (Å²) in [5, 5.41) is 18.6. The predicted molar refractivity (Wildman–Crippen MR) is 159 cm³/mol. The maximum Gasteiger partial charge on any atom is 0.422 e. The van der Waals surface area contributed by atoms with Gasteiger partial charge in [-0.25, -0.2) is 5.10 Å². The van der Waals surface area contributed by atoms with Crippen molar-refractivity contribution in [3.63, 3.8) is 0 Å². The first-order valence-corrected chi connectivity index (χ1v) is 14.7. The number of nitriles is 1. The normalized spacial score (nSPS) is 16.8. The Morgan fingerprint density at radius 3 is 2.51 bits per heavy atom. The Balaban J connectivity index is 1.92. The summed E-state index contributed by atoms with van der Waals surface area (Å²) >= 11 is 0. The molecule has 0 spiro atoms. The van der Waals surface area contributed by atoms with Crippen molar-refractivity contribution in [2.45, 2.75) is 97.7 Å². The monoisotopic (exact) mass is 573 g/mol. The van der Waals surface area contributed by atoms with Gasteiger partial charge in [-0.05, 0) is 62.0 Å². The molecule has 0 fully saturated rings. The van der Waals surface area contributed by atoms with Crippen molar-refractivity contribution in [1.82, 2.24) is 20.4 Å². The molecule has 1 aromatic rings. The highest BCUT2D eigenvalue weighted by Gasteiger charge is 2.47. The zero-order chi connectivity index (χ0) is 30.6. The summed E-state index contributed by atoms with van der Waals surface area (Å²) in [6.07, 6.45) is 8.83. The molecule has 0 radical (unpaired) electrons. The Bertz CT molecular complexity index is 1200. The number of H-pyrrole nitrogens is 1. The molecule has 0 aromatic carbocycles. The molecule has 6 nitrogen and oxygen atoms in total. The van der Waals surface area contributed by atoms with Gasteiger partial charge in [0, 0.05) is 25.3 Å². The molecule has 2 rings (SSSR count). The summed E-state index contributed by atoms with van der Waals surface area (Å²) in [6, 6.07) is 1.73. The average Bonchev–Trinajstić information content (AvgIpc) is 3.15. The Hall–Kier alpha value is -3.12. The lowest BCUT2D eigenvalue weighted by molar-refractivity contribution is -0.139. The third-order valence-electron chi connectivity index (χ3n) is 7.63. The van der Waals surface area contributed by atoms with Crippen molar-refractivity contribution in [1.29, 1.82) is 5.26 Å². The second kappa shape index (κ2) is 15.8. The Morgan fingerprint density at radius 2 is 1.90 bits per heavy atom. The van der Waals surface area contributed by atoms with Crippen LogP contribution in [0.3, 0.4) is 0 Å². The summed E-state index contributed by atoms with van der Waals surface area (Å²) in [4.78, 5) is 14.3. The fourth-order valence-corrected chi connectivity index (χ4v) is 5.54. The Morgan fingerprint density at radius 1 is 1.17 bits per heavy atom. The van der Waals surface area contributed by atoms with Gasteiger partial charge in [0.05, 0.1) is 23.4 Å². The third kappa shape index (κ3) is 9.74. The number of allylic oxidation sites excluding steroid dienone is 5. The van der Waals surface area contributed by atoms with Crippen molar-refractivity contribution in [2.24, 2.45) is 5.41 Å². The van der Waals surface area contributed by atoms with Crippen molar-refractivity contribution in [3.8, 4) is 6.07 Å². The number of aromatic amines is 1. The fourth-order valence-electron chi connectivity index (χ4n) is 5.54. The number of halogens is 3. The van der Waals surface area contributed by atoms with Crippen LogP contribution in [-0.2, 0) is 12.6 Å². The van der Waals surface area contributed by atoms with Crippen LogP contribution in [0.2, 0.25) is 0 Å². The predicted octanol–water partition coefficient (Wildman–Crippen LogP) is 7.54. The quantitative estimate of drug-likeness (QED) is 0.114. The van der Waals surface area contributed by atoms with Crippen molar-refractivity contribution >= 4 is 0 Å². The van der Waals surface area contributed by atoms with E-state index in [4.69, 9.17) is 5.26 Å². The smallest absolute Gasteiger partial charge is 0.375 e. The summed E-state index contributed by atoms with van der Waals surface area (Å²) in [5.74, 6) is 0. The van der Waals surface area contributed by atoms with Crippen LogP contribution >= 0.6 is 0 Å². The molecule has 1 aliphatic carbocycles. The molecule has 1 aromatic heterocycles. The Kier molecular flexibility index (Phi) is 13.1.